The molecule has 2 aromatic rings. The number of ether oxygens (including phenoxy) is 2. The number of thiocarbonyl (C=S) groups is 1. The minimum Gasteiger partial charge on any atom is -0.493 e. The zero-order valence-electron chi connectivity index (χ0n) is 17.3. The van der Waals surface area contributed by atoms with Crippen molar-refractivity contribution in [2.75, 3.05) is 13.2 Å². The van der Waals surface area contributed by atoms with Crippen LogP contribution in [0.15, 0.2) is 45.3 Å². The lowest BCUT2D eigenvalue weighted by molar-refractivity contribution is -0.123. The molecule has 0 aliphatic carbocycles. The van der Waals surface area contributed by atoms with Crippen LogP contribution >= 0.6 is 55.7 Å². The van der Waals surface area contributed by atoms with Crippen LogP contribution in [0.1, 0.15) is 30.6 Å². The van der Waals surface area contributed by atoms with Crippen molar-refractivity contribution < 1.29 is 19.1 Å². The zero-order valence-corrected chi connectivity index (χ0v) is 22.1. The summed E-state index contributed by atoms with van der Waals surface area (Å²) in [6.45, 7) is 4.37. The van der Waals surface area contributed by atoms with Crippen LogP contribution in [0.2, 0.25) is 5.02 Å². The molecule has 0 bridgehead atoms. The number of rotatable bonds is 8. The Bertz CT molecular complexity index is 992. The predicted molar refractivity (Wildman–Crippen MR) is 135 cm³/mol. The normalized spacial score (nSPS) is 10.4. The van der Waals surface area contributed by atoms with Gasteiger partial charge in [0.25, 0.3) is 11.8 Å². The van der Waals surface area contributed by atoms with Crippen LogP contribution < -0.4 is 25.6 Å². The molecular weight excluding hydrogens is 586 g/mol. The topological polar surface area (TPSA) is 88.7 Å². The molecule has 0 fully saturated rings. The molecule has 32 heavy (non-hydrogen) atoms. The van der Waals surface area contributed by atoms with Crippen LogP contribution in [0.3, 0.4) is 0 Å². The predicted octanol–water partition coefficient (Wildman–Crippen LogP) is 5.00. The molecule has 0 atom stereocenters. The van der Waals surface area contributed by atoms with Crippen molar-refractivity contribution in [3.63, 3.8) is 0 Å². The van der Waals surface area contributed by atoms with Crippen molar-refractivity contribution in [3.05, 3.63) is 55.9 Å². The molecule has 7 nitrogen and oxygen atoms in total. The summed E-state index contributed by atoms with van der Waals surface area (Å²) in [6.07, 6.45) is 0.858. The minimum atomic E-state index is -0.513. The Morgan fingerprint density at radius 3 is 2.34 bits per heavy atom. The van der Waals surface area contributed by atoms with Crippen molar-refractivity contribution in [3.8, 4) is 11.5 Å². The molecule has 0 radical (unpaired) electrons. The van der Waals surface area contributed by atoms with Gasteiger partial charge >= 0.3 is 0 Å². The fraction of sp³-hybridized carbons (Fsp3) is 0.286. The molecule has 0 aliphatic rings. The lowest BCUT2D eigenvalue weighted by atomic mass is 10.1. The summed E-state index contributed by atoms with van der Waals surface area (Å²) >= 11 is 17.8. The molecule has 172 valence electrons. The molecule has 0 spiro atoms. The monoisotopic (exact) mass is 605 g/mol. The summed E-state index contributed by atoms with van der Waals surface area (Å²) in [6, 6.07) is 10.2. The maximum Gasteiger partial charge on any atom is 0.276 e. The number of nitrogens with one attached hydrogen (secondary N) is 3. The number of benzene rings is 2. The maximum atomic E-state index is 12.7. The van der Waals surface area contributed by atoms with Gasteiger partial charge in [0, 0.05) is 8.95 Å². The standard InChI is InChI=1S/C21H22Br2ClN3O4S/c1-12(2)7-8-30-17-5-3-13(22)9-15(17)20(29)25-21(32)27-26-19(28)11-31-18-6-4-14(23)10-16(18)24/h3-6,9-10,12H,7-8,11H2,1-2H3,(H,26,28)(H2,25,27,29,32). The summed E-state index contributed by atoms with van der Waals surface area (Å²) in [7, 11) is 0. The molecule has 11 heteroatoms. The highest BCUT2D eigenvalue weighted by molar-refractivity contribution is 9.10. The van der Waals surface area contributed by atoms with E-state index in [2.05, 4.69) is 61.9 Å². The molecule has 2 rings (SSSR count). The zero-order chi connectivity index (χ0) is 23.7. The number of halogens is 3. The summed E-state index contributed by atoms with van der Waals surface area (Å²) in [4.78, 5) is 24.6. The van der Waals surface area contributed by atoms with E-state index in [1.165, 1.54) is 0 Å². The second-order valence-corrected chi connectivity index (χ2v) is 9.64. The number of amides is 2. The number of hydrogen-bond donors (Lipinski definition) is 3. The van der Waals surface area contributed by atoms with E-state index in [9.17, 15) is 9.59 Å². The van der Waals surface area contributed by atoms with Crippen LogP contribution in [0.25, 0.3) is 0 Å². The molecular formula is C21H22Br2ClN3O4S. The maximum absolute atomic E-state index is 12.7. The van der Waals surface area contributed by atoms with Gasteiger partial charge in [0.05, 0.1) is 17.2 Å². The van der Waals surface area contributed by atoms with Gasteiger partial charge in [-0.1, -0.05) is 57.3 Å². The van der Waals surface area contributed by atoms with Gasteiger partial charge in [-0.25, -0.2) is 0 Å². The highest BCUT2D eigenvalue weighted by Crippen LogP contribution is 2.27. The van der Waals surface area contributed by atoms with E-state index >= 15 is 0 Å². The number of carbonyl (C=O) groups excluding carboxylic acids is 2. The average molecular weight is 608 g/mol. The van der Waals surface area contributed by atoms with Gasteiger partial charge in [0.1, 0.15) is 11.5 Å². The number of hydrogen-bond acceptors (Lipinski definition) is 5. The second kappa shape index (κ2) is 13.0. The smallest absolute Gasteiger partial charge is 0.276 e. The SMILES string of the molecule is CC(C)CCOc1ccc(Br)cc1C(=O)NC(=S)NNC(=O)COc1ccc(Br)cc1Cl. The summed E-state index contributed by atoms with van der Waals surface area (Å²) < 4.78 is 12.6. The van der Waals surface area contributed by atoms with Crippen LogP contribution in [0.4, 0.5) is 0 Å². The van der Waals surface area contributed by atoms with Crippen LogP contribution in [-0.2, 0) is 4.79 Å². The third-order valence-corrected chi connectivity index (χ3v) is 5.42. The summed E-state index contributed by atoms with van der Waals surface area (Å²) in [5.74, 6) is 0.293. The van der Waals surface area contributed by atoms with E-state index in [0.29, 0.717) is 34.6 Å². The molecule has 3 N–H and O–H groups in total. The molecule has 0 heterocycles. The van der Waals surface area contributed by atoms with Crippen molar-refractivity contribution in [1.82, 2.24) is 16.2 Å². The van der Waals surface area contributed by atoms with E-state index in [1.54, 1.807) is 36.4 Å². The van der Waals surface area contributed by atoms with Crippen molar-refractivity contribution >= 4 is 72.6 Å². The Hall–Kier alpha value is -1.88. The third-order valence-electron chi connectivity index (χ3n) is 3.93. The summed E-state index contributed by atoms with van der Waals surface area (Å²) in [5.41, 5.74) is 5.12. The van der Waals surface area contributed by atoms with E-state index < -0.39 is 11.8 Å². The van der Waals surface area contributed by atoms with Gasteiger partial charge in [-0.15, -0.1) is 0 Å². The highest BCUT2D eigenvalue weighted by atomic mass is 79.9. The molecule has 0 saturated carbocycles. The Labute approximate surface area is 213 Å². The van der Waals surface area contributed by atoms with E-state index in [-0.39, 0.29) is 11.7 Å². The van der Waals surface area contributed by atoms with Crippen molar-refractivity contribution in [1.29, 1.82) is 0 Å². The van der Waals surface area contributed by atoms with E-state index in [1.807, 2.05) is 0 Å². The fourth-order valence-electron chi connectivity index (χ4n) is 2.31. The first kappa shape index (κ1) is 26.4. The third kappa shape index (κ3) is 8.93. The van der Waals surface area contributed by atoms with Gasteiger partial charge in [-0.05, 0) is 61.0 Å². The van der Waals surface area contributed by atoms with E-state index in [0.717, 1.165) is 15.4 Å². The van der Waals surface area contributed by atoms with Crippen LogP contribution in [0.5, 0.6) is 11.5 Å². The largest absolute Gasteiger partial charge is 0.493 e. The van der Waals surface area contributed by atoms with E-state index in [4.69, 9.17) is 33.3 Å². The lowest BCUT2D eigenvalue weighted by Gasteiger charge is -2.14. The quantitative estimate of drug-likeness (QED) is 0.289. The van der Waals surface area contributed by atoms with Gasteiger partial charge < -0.3 is 9.47 Å². The van der Waals surface area contributed by atoms with Crippen LogP contribution in [0, 0.1) is 5.92 Å². The number of carbonyl (C=O) groups is 2. The lowest BCUT2D eigenvalue weighted by Crippen LogP contribution is -2.49. The molecule has 0 unspecified atom stereocenters. The first-order valence-corrected chi connectivity index (χ1v) is 11.9. The Morgan fingerprint density at radius 2 is 1.69 bits per heavy atom. The first-order valence-electron chi connectivity index (χ1n) is 9.56. The Kier molecular flexibility index (Phi) is 10.7. The average Bonchev–Trinajstić information content (AvgIpc) is 2.72. The fourth-order valence-corrected chi connectivity index (χ4v) is 3.54. The van der Waals surface area contributed by atoms with Gasteiger partial charge in [0.2, 0.25) is 0 Å². The minimum absolute atomic E-state index is 0.0851. The Morgan fingerprint density at radius 1 is 1.03 bits per heavy atom. The number of hydrazine groups is 1. The Balaban J connectivity index is 1.85. The molecule has 2 amide bonds. The highest BCUT2D eigenvalue weighted by Gasteiger charge is 2.15. The van der Waals surface area contributed by atoms with Crippen molar-refractivity contribution in [2.45, 2.75) is 20.3 Å². The van der Waals surface area contributed by atoms with Crippen LogP contribution in [-0.4, -0.2) is 30.1 Å². The second-order valence-electron chi connectivity index (χ2n) is 6.99. The molecule has 2 aromatic carbocycles. The summed E-state index contributed by atoms with van der Waals surface area (Å²) in [5, 5.41) is 2.79. The van der Waals surface area contributed by atoms with Crippen molar-refractivity contribution in [2.24, 2.45) is 5.92 Å². The molecule has 0 aliphatic heterocycles. The first-order chi connectivity index (χ1) is 15.2. The molecule has 0 saturated heterocycles. The van der Waals surface area contributed by atoms with Gasteiger partial charge in [-0.3, -0.25) is 25.8 Å². The van der Waals surface area contributed by atoms with Gasteiger partial charge in [-0.2, -0.15) is 0 Å². The molecule has 0 aromatic heterocycles. The van der Waals surface area contributed by atoms with Gasteiger partial charge in [0.15, 0.2) is 11.7 Å².